The Kier molecular flexibility index (Phi) is 6.70. The van der Waals surface area contributed by atoms with E-state index < -0.39 is 11.6 Å². The second kappa shape index (κ2) is 9.90. The van der Waals surface area contributed by atoms with Crippen molar-refractivity contribution in [3.8, 4) is 0 Å². The standard InChI is InChI=1S/C23H26ClF2N7O2/c24-13-9-16(25)19(17(26)10-13)31-23-30-18-11-28-22(29-14-5-7-35-8-6-14)32-21(18)33(23)15-3-1-12(2-4-15)20(27)34/h9-12,14-15H,1-8H2,(H2,27,34)(H,30,31)(H,28,29,32). The van der Waals surface area contributed by atoms with Crippen molar-refractivity contribution in [3.05, 3.63) is 35.0 Å². The number of rotatable bonds is 6. The number of nitrogens with one attached hydrogen (secondary N) is 2. The van der Waals surface area contributed by atoms with Gasteiger partial charge in [-0.25, -0.2) is 18.7 Å². The first-order valence-electron chi connectivity index (χ1n) is 11.7. The quantitative estimate of drug-likeness (QED) is 0.456. The smallest absolute Gasteiger partial charge is 0.224 e. The highest BCUT2D eigenvalue weighted by atomic mass is 35.5. The molecule has 35 heavy (non-hydrogen) atoms. The molecular formula is C23H26ClF2N7O2. The van der Waals surface area contributed by atoms with E-state index in [-0.39, 0.29) is 40.6 Å². The number of anilines is 3. The van der Waals surface area contributed by atoms with Crippen molar-refractivity contribution in [2.75, 3.05) is 23.8 Å². The fraction of sp³-hybridized carbons (Fsp3) is 0.478. The van der Waals surface area contributed by atoms with Crippen molar-refractivity contribution >= 4 is 46.3 Å². The van der Waals surface area contributed by atoms with Crippen molar-refractivity contribution < 1.29 is 18.3 Å². The average Bonchev–Trinajstić information content (AvgIpc) is 3.19. The summed E-state index contributed by atoms with van der Waals surface area (Å²) in [6.07, 6.45) is 5.80. The van der Waals surface area contributed by atoms with Crippen molar-refractivity contribution in [1.82, 2.24) is 19.5 Å². The van der Waals surface area contributed by atoms with Gasteiger partial charge in [-0.15, -0.1) is 0 Å². The van der Waals surface area contributed by atoms with E-state index in [4.69, 9.17) is 27.1 Å². The van der Waals surface area contributed by atoms with Crippen LogP contribution in [0.5, 0.6) is 0 Å². The summed E-state index contributed by atoms with van der Waals surface area (Å²) in [5.74, 6) is -1.48. The molecule has 0 spiro atoms. The Morgan fingerprint density at radius 2 is 1.77 bits per heavy atom. The number of hydrogen-bond acceptors (Lipinski definition) is 7. The van der Waals surface area contributed by atoms with Crippen LogP contribution in [0.1, 0.15) is 44.6 Å². The van der Waals surface area contributed by atoms with Crippen LogP contribution in [0.4, 0.5) is 26.4 Å². The fourth-order valence-corrected chi connectivity index (χ4v) is 5.00. The first-order chi connectivity index (χ1) is 16.9. The molecule has 0 unspecified atom stereocenters. The SMILES string of the molecule is NC(=O)C1CCC(n2c(Nc3c(F)cc(Cl)cc3F)nc3cnc(NC4CCOCC4)nc32)CC1. The van der Waals surface area contributed by atoms with Gasteiger partial charge >= 0.3 is 0 Å². The minimum atomic E-state index is -0.834. The normalized spacial score (nSPS) is 21.2. The molecule has 0 radical (unpaired) electrons. The van der Waals surface area contributed by atoms with Crippen molar-refractivity contribution in [3.63, 3.8) is 0 Å². The van der Waals surface area contributed by atoms with E-state index in [0.717, 1.165) is 25.0 Å². The van der Waals surface area contributed by atoms with Gasteiger partial charge in [-0.3, -0.25) is 9.36 Å². The highest BCUT2D eigenvalue weighted by molar-refractivity contribution is 6.30. The summed E-state index contributed by atoms with van der Waals surface area (Å²) >= 11 is 5.78. The Bertz CT molecular complexity index is 1220. The van der Waals surface area contributed by atoms with Crippen molar-refractivity contribution in [2.24, 2.45) is 11.7 Å². The molecule has 12 heteroatoms. The summed E-state index contributed by atoms with van der Waals surface area (Å²) in [7, 11) is 0. The van der Waals surface area contributed by atoms with Crippen LogP contribution in [0.15, 0.2) is 18.3 Å². The Hall–Kier alpha value is -3.05. The maximum absolute atomic E-state index is 14.6. The lowest BCUT2D eigenvalue weighted by Crippen LogP contribution is -2.29. The molecule has 0 atom stereocenters. The average molecular weight is 506 g/mol. The van der Waals surface area contributed by atoms with E-state index in [1.165, 1.54) is 0 Å². The Morgan fingerprint density at radius 3 is 2.43 bits per heavy atom. The lowest BCUT2D eigenvalue weighted by atomic mass is 9.85. The van der Waals surface area contributed by atoms with Gasteiger partial charge in [-0.05, 0) is 50.7 Å². The predicted octanol–water partition coefficient (Wildman–Crippen LogP) is 4.31. The molecule has 1 aromatic carbocycles. The summed E-state index contributed by atoms with van der Waals surface area (Å²) in [5.41, 5.74) is 6.17. The van der Waals surface area contributed by atoms with Crippen LogP contribution >= 0.6 is 11.6 Å². The minimum absolute atomic E-state index is 0.0430. The highest BCUT2D eigenvalue weighted by Gasteiger charge is 2.30. The number of hydrogen-bond donors (Lipinski definition) is 3. The lowest BCUT2D eigenvalue weighted by Gasteiger charge is -2.29. The molecule has 9 nitrogen and oxygen atoms in total. The van der Waals surface area contributed by atoms with Crippen LogP contribution in [-0.4, -0.2) is 44.7 Å². The molecule has 2 fully saturated rings. The van der Waals surface area contributed by atoms with Gasteiger partial charge in [-0.2, -0.15) is 4.98 Å². The topological polar surface area (TPSA) is 120 Å². The first-order valence-corrected chi connectivity index (χ1v) is 12.1. The number of halogens is 3. The van der Waals surface area contributed by atoms with E-state index in [2.05, 4.69) is 20.6 Å². The maximum Gasteiger partial charge on any atom is 0.224 e. The number of ether oxygens (including phenoxy) is 1. The summed E-state index contributed by atoms with van der Waals surface area (Å²) in [6, 6.07) is 2.17. The van der Waals surface area contributed by atoms with E-state index in [1.54, 1.807) is 6.20 Å². The van der Waals surface area contributed by atoms with Crippen LogP contribution < -0.4 is 16.4 Å². The Morgan fingerprint density at radius 1 is 1.09 bits per heavy atom. The molecule has 0 bridgehead atoms. The lowest BCUT2D eigenvalue weighted by molar-refractivity contribution is -0.122. The van der Waals surface area contributed by atoms with E-state index >= 15 is 0 Å². The van der Waals surface area contributed by atoms with Gasteiger partial charge in [0, 0.05) is 36.2 Å². The number of primary amides is 1. The number of carbonyl (C=O) groups excluding carboxylic acids is 1. The molecular weight excluding hydrogens is 480 g/mol. The third-order valence-electron chi connectivity index (χ3n) is 6.70. The third-order valence-corrected chi connectivity index (χ3v) is 6.91. The third kappa shape index (κ3) is 5.01. The zero-order valence-electron chi connectivity index (χ0n) is 18.9. The van der Waals surface area contributed by atoms with Gasteiger partial charge in [0.2, 0.25) is 17.8 Å². The molecule has 1 aliphatic carbocycles. The van der Waals surface area contributed by atoms with Gasteiger partial charge in [0.25, 0.3) is 0 Å². The molecule has 1 amide bonds. The van der Waals surface area contributed by atoms with Gasteiger partial charge in [0.05, 0.1) is 6.20 Å². The number of amides is 1. The van der Waals surface area contributed by atoms with Gasteiger partial charge in [0.15, 0.2) is 17.3 Å². The van der Waals surface area contributed by atoms with Crippen LogP contribution in [0, 0.1) is 17.6 Å². The molecule has 2 aliphatic rings. The number of imidazole rings is 1. The van der Waals surface area contributed by atoms with E-state index in [0.29, 0.717) is 56.0 Å². The molecule has 4 N–H and O–H groups in total. The maximum atomic E-state index is 14.6. The second-order valence-electron chi connectivity index (χ2n) is 9.02. The molecule has 2 aromatic heterocycles. The highest BCUT2D eigenvalue weighted by Crippen LogP contribution is 2.37. The number of benzene rings is 1. The summed E-state index contributed by atoms with van der Waals surface area (Å²) in [5, 5.41) is 6.11. The van der Waals surface area contributed by atoms with Crippen LogP contribution in [0.3, 0.4) is 0 Å². The van der Waals surface area contributed by atoms with Gasteiger partial charge < -0.3 is 21.1 Å². The van der Waals surface area contributed by atoms with Crippen LogP contribution in [-0.2, 0) is 9.53 Å². The summed E-state index contributed by atoms with van der Waals surface area (Å²) < 4.78 is 36.4. The molecule has 186 valence electrons. The number of nitrogens with two attached hydrogens (primary N) is 1. The zero-order chi connectivity index (χ0) is 24.5. The molecule has 1 saturated carbocycles. The zero-order valence-corrected chi connectivity index (χ0v) is 19.7. The number of fused-ring (bicyclic) bond motifs is 1. The van der Waals surface area contributed by atoms with Crippen molar-refractivity contribution in [1.29, 1.82) is 0 Å². The monoisotopic (exact) mass is 505 g/mol. The van der Waals surface area contributed by atoms with Gasteiger partial charge in [-0.1, -0.05) is 11.6 Å². The predicted molar refractivity (Wildman–Crippen MR) is 128 cm³/mol. The van der Waals surface area contributed by atoms with Crippen molar-refractivity contribution in [2.45, 2.75) is 50.6 Å². The molecule has 3 aromatic rings. The molecule has 1 aliphatic heterocycles. The summed E-state index contributed by atoms with van der Waals surface area (Å²) in [6.45, 7) is 1.35. The Labute approximate surface area is 205 Å². The first kappa shape index (κ1) is 23.7. The number of carbonyl (C=O) groups is 1. The van der Waals surface area contributed by atoms with E-state index in [9.17, 15) is 13.6 Å². The van der Waals surface area contributed by atoms with Crippen LogP contribution in [0.25, 0.3) is 11.2 Å². The second-order valence-corrected chi connectivity index (χ2v) is 9.45. The molecule has 1 saturated heterocycles. The largest absolute Gasteiger partial charge is 0.381 e. The fourth-order valence-electron chi connectivity index (χ4n) is 4.81. The molecule has 5 rings (SSSR count). The minimum Gasteiger partial charge on any atom is -0.381 e. The Balaban J connectivity index is 1.52. The number of aromatic nitrogens is 4. The molecule has 3 heterocycles. The number of nitrogens with zero attached hydrogens (tertiary/aromatic N) is 4. The van der Waals surface area contributed by atoms with Gasteiger partial charge in [0.1, 0.15) is 11.2 Å². The summed E-state index contributed by atoms with van der Waals surface area (Å²) in [4.78, 5) is 25.3. The van der Waals surface area contributed by atoms with Crippen LogP contribution in [0.2, 0.25) is 5.02 Å². The van der Waals surface area contributed by atoms with E-state index in [1.807, 2.05) is 4.57 Å².